The van der Waals surface area contributed by atoms with E-state index in [-0.39, 0.29) is 17.6 Å². The first-order chi connectivity index (χ1) is 10.2. The summed E-state index contributed by atoms with van der Waals surface area (Å²) in [6.45, 7) is 0. The van der Waals surface area contributed by atoms with Crippen molar-refractivity contribution >= 4 is 27.7 Å². The number of methoxy groups -OCH3 is 1. The van der Waals surface area contributed by atoms with Gasteiger partial charge in [-0.2, -0.15) is 0 Å². The Morgan fingerprint density at radius 1 is 1.29 bits per heavy atom. The second-order valence-corrected chi connectivity index (χ2v) is 6.48. The summed E-state index contributed by atoms with van der Waals surface area (Å²) >= 11 is 5.14. The van der Waals surface area contributed by atoms with Gasteiger partial charge in [0.2, 0.25) is 0 Å². The van der Waals surface area contributed by atoms with Gasteiger partial charge in [-0.3, -0.25) is 0 Å². The minimum Gasteiger partial charge on any atom is -0.494 e. The molecule has 0 fully saturated rings. The molecule has 0 saturated carbocycles. The van der Waals surface area contributed by atoms with Crippen LogP contribution in [-0.2, 0) is 0 Å². The van der Waals surface area contributed by atoms with Crippen LogP contribution in [0.25, 0.3) is 0 Å². The second-order valence-electron chi connectivity index (χ2n) is 4.47. The van der Waals surface area contributed by atoms with E-state index in [2.05, 4.69) is 27.3 Å². The monoisotopic (exact) mass is 369 g/mol. The van der Waals surface area contributed by atoms with Crippen LogP contribution >= 0.6 is 27.7 Å². The Kier molecular flexibility index (Phi) is 6.08. The smallest absolute Gasteiger partial charge is 0.169 e. The molecule has 0 spiro atoms. The molecule has 5 heteroatoms. The molecule has 0 saturated heterocycles. The molecule has 1 unspecified atom stereocenters. The quantitative estimate of drug-likeness (QED) is 0.748. The lowest BCUT2D eigenvalue weighted by molar-refractivity contribution is 0.381. The van der Waals surface area contributed by atoms with Gasteiger partial charge >= 0.3 is 0 Å². The molecule has 0 aliphatic carbocycles. The fourth-order valence-electron chi connectivity index (χ4n) is 2.02. The second kappa shape index (κ2) is 7.82. The van der Waals surface area contributed by atoms with E-state index in [1.165, 1.54) is 7.11 Å². The summed E-state index contributed by atoms with van der Waals surface area (Å²) in [5, 5.41) is 3.17. The van der Waals surface area contributed by atoms with Crippen molar-refractivity contribution in [2.24, 2.45) is 0 Å². The predicted octanol–water partition coefficient (Wildman–Crippen LogP) is 4.65. The van der Waals surface area contributed by atoms with E-state index in [9.17, 15) is 4.39 Å². The number of hydrogen-bond donors (Lipinski definition) is 1. The minimum atomic E-state index is -0.297. The highest BCUT2D eigenvalue weighted by Crippen LogP contribution is 2.30. The molecular weight excluding hydrogens is 353 g/mol. The average Bonchev–Trinajstić information content (AvgIpc) is 2.49. The van der Waals surface area contributed by atoms with Gasteiger partial charge in [0.05, 0.1) is 7.11 Å². The van der Waals surface area contributed by atoms with E-state index in [1.54, 1.807) is 23.9 Å². The first kappa shape index (κ1) is 16.3. The first-order valence-corrected chi connectivity index (χ1v) is 8.31. The zero-order chi connectivity index (χ0) is 15.2. The highest BCUT2D eigenvalue weighted by molar-refractivity contribution is 9.10. The van der Waals surface area contributed by atoms with Crippen LogP contribution in [0.3, 0.4) is 0 Å². The Labute approximate surface area is 137 Å². The van der Waals surface area contributed by atoms with Crippen LogP contribution in [0.5, 0.6) is 5.75 Å². The van der Waals surface area contributed by atoms with Crippen molar-refractivity contribution < 1.29 is 9.13 Å². The number of halogens is 2. The van der Waals surface area contributed by atoms with Crippen LogP contribution in [0.1, 0.15) is 11.6 Å². The standard InChI is InChI=1S/C16H17BrFNOS/c1-19-14(10-21-12-6-3-5-11(17)9-12)13-7-4-8-15(20-2)16(13)18/h3-9,14,19H,10H2,1-2H3. The molecule has 0 aliphatic heterocycles. The highest BCUT2D eigenvalue weighted by atomic mass is 79.9. The van der Waals surface area contributed by atoms with Crippen molar-refractivity contribution in [3.8, 4) is 5.75 Å². The van der Waals surface area contributed by atoms with Crippen LogP contribution in [0.15, 0.2) is 51.8 Å². The summed E-state index contributed by atoms with van der Waals surface area (Å²) in [4.78, 5) is 1.15. The number of hydrogen-bond acceptors (Lipinski definition) is 3. The SMILES string of the molecule is CNC(CSc1cccc(Br)c1)c1cccc(OC)c1F. The van der Waals surface area contributed by atoms with Crippen molar-refractivity contribution in [2.75, 3.05) is 19.9 Å². The van der Waals surface area contributed by atoms with Crippen LogP contribution in [-0.4, -0.2) is 19.9 Å². The molecule has 0 amide bonds. The number of thioether (sulfide) groups is 1. The lowest BCUT2D eigenvalue weighted by atomic mass is 10.1. The van der Waals surface area contributed by atoms with Gasteiger partial charge in [-0.25, -0.2) is 4.39 Å². The molecule has 2 nitrogen and oxygen atoms in total. The largest absolute Gasteiger partial charge is 0.494 e. The molecule has 2 rings (SSSR count). The number of nitrogens with one attached hydrogen (secondary N) is 1. The lowest BCUT2D eigenvalue weighted by Crippen LogP contribution is -2.20. The minimum absolute atomic E-state index is 0.0796. The third-order valence-corrected chi connectivity index (χ3v) is 4.73. The Morgan fingerprint density at radius 3 is 2.71 bits per heavy atom. The average molecular weight is 370 g/mol. The molecule has 2 aromatic carbocycles. The Balaban J connectivity index is 2.13. The van der Waals surface area contributed by atoms with E-state index in [4.69, 9.17) is 4.74 Å². The molecule has 0 aromatic heterocycles. The maximum absolute atomic E-state index is 14.3. The number of ether oxygens (including phenoxy) is 1. The molecular formula is C16H17BrFNOS. The lowest BCUT2D eigenvalue weighted by Gasteiger charge is -2.18. The summed E-state index contributed by atoms with van der Waals surface area (Å²) in [6.07, 6.45) is 0. The topological polar surface area (TPSA) is 21.3 Å². The molecule has 0 heterocycles. The number of rotatable bonds is 6. The molecule has 1 atom stereocenters. The van der Waals surface area contributed by atoms with Crippen LogP contribution in [0, 0.1) is 5.82 Å². The fraction of sp³-hybridized carbons (Fsp3) is 0.250. The van der Waals surface area contributed by atoms with Crippen molar-refractivity contribution in [2.45, 2.75) is 10.9 Å². The summed E-state index contributed by atoms with van der Waals surface area (Å²) < 4.78 is 20.4. The zero-order valence-electron chi connectivity index (χ0n) is 11.9. The van der Waals surface area contributed by atoms with Crippen molar-refractivity contribution in [3.05, 3.63) is 58.3 Å². The molecule has 0 bridgehead atoms. The molecule has 0 radical (unpaired) electrons. The first-order valence-electron chi connectivity index (χ1n) is 6.53. The highest BCUT2D eigenvalue weighted by Gasteiger charge is 2.17. The van der Waals surface area contributed by atoms with Crippen LogP contribution < -0.4 is 10.1 Å². The van der Waals surface area contributed by atoms with Gasteiger partial charge in [0.1, 0.15) is 0 Å². The summed E-state index contributed by atoms with van der Waals surface area (Å²) in [6, 6.07) is 13.2. The van der Waals surface area contributed by atoms with Gasteiger partial charge < -0.3 is 10.1 Å². The Hall–Kier alpha value is -1.04. The molecule has 21 heavy (non-hydrogen) atoms. The van der Waals surface area contributed by atoms with Crippen molar-refractivity contribution in [1.82, 2.24) is 5.32 Å². The number of benzene rings is 2. The van der Waals surface area contributed by atoms with Crippen LogP contribution in [0.2, 0.25) is 0 Å². The third kappa shape index (κ3) is 4.22. The van der Waals surface area contributed by atoms with Gasteiger partial charge in [0.25, 0.3) is 0 Å². The molecule has 0 aliphatic rings. The molecule has 1 N–H and O–H groups in total. The van der Waals surface area contributed by atoms with Crippen molar-refractivity contribution in [1.29, 1.82) is 0 Å². The van der Waals surface area contributed by atoms with E-state index < -0.39 is 0 Å². The fourth-order valence-corrected chi connectivity index (χ4v) is 3.66. The van der Waals surface area contributed by atoms with E-state index >= 15 is 0 Å². The Bertz CT molecular complexity index is 609. The van der Waals surface area contributed by atoms with Gasteiger partial charge in [-0.15, -0.1) is 11.8 Å². The van der Waals surface area contributed by atoms with Crippen LogP contribution in [0.4, 0.5) is 4.39 Å². The van der Waals surface area contributed by atoms with Crippen molar-refractivity contribution in [3.63, 3.8) is 0 Å². The predicted molar refractivity (Wildman–Crippen MR) is 89.6 cm³/mol. The summed E-state index contributed by atoms with van der Waals surface area (Å²) in [5.41, 5.74) is 0.624. The van der Waals surface area contributed by atoms with E-state index in [1.807, 2.05) is 31.3 Å². The molecule has 112 valence electrons. The van der Waals surface area contributed by atoms with Gasteiger partial charge in [-0.05, 0) is 31.3 Å². The van der Waals surface area contributed by atoms with E-state index in [0.717, 1.165) is 15.1 Å². The maximum Gasteiger partial charge on any atom is 0.169 e. The van der Waals surface area contributed by atoms with E-state index in [0.29, 0.717) is 5.56 Å². The summed E-state index contributed by atoms with van der Waals surface area (Å²) in [5.74, 6) is 0.714. The zero-order valence-corrected chi connectivity index (χ0v) is 14.3. The molecule has 2 aromatic rings. The normalized spacial score (nSPS) is 12.2. The third-order valence-electron chi connectivity index (χ3n) is 3.15. The van der Waals surface area contributed by atoms with Gasteiger partial charge in [0, 0.05) is 26.7 Å². The van der Waals surface area contributed by atoms with Gasteiger partial charge in [-0.1, -0.05) is 34.1 Å². The Morgan fingerprint density at radius 2 is 2.05 bits per heavy atom. The van der Waals surface area contributed by atoms with Gasteiger partial charge in [0.15, 0.2) is 11.6 Å². The maximum atomic E-state index is 14.3. The summed E-state index contributed by atoms with van der Waals surface area (Å²) in [7, 11) is 3.32.